The van der Waals surface area contributed by atoms with E-state index in [1.165, 1.54) is 6.07 Å². The summed E-state index contributed by atoms with van der Waals surface area (Å²) in [6.07, 6.45) is 0. The lowest BCUT2D eigenvalue weighted by Gasteiger charge is -2.35. The second-order valence-electron chi connectivity index (χ2n) is 5.57. The lowest BCUT2D eigenvalue weighted by Crippen LogP contribution is -2.49. The maximum atomic E-state index is 13.3. The number of piperazine rings is 1. The minimum absolute atomic E-state index is 0.146. The Hall–Kier alpha value is -2.77. The topological polar surface area (TPSA) is 58.6 Å². The molecule has 0 unspecified atom stereocenters. The van der Waals surface area contributed by atoms with E-state index in [1.807, 2.05) is 17.9 Å². The number of ether oxygens (including phenoxy) is 1. The summed E-state index contributed by atoms with van der Waals surface area (Å²) in [5.74, 6) is -1.11. The quantitative estimate of drug-likeness (QED) is 0.847. The molecular formula is C17H18F2N4O2. The Morgan fingerprint density at radius 3 is 2.44 bits per heavy atom. The molecule has 3 rings (SSSR count). The molecule has 0 saturated carbocycles. The molecule has 1 aliphatic rings. The predicted octanol–water partition coefficient (Wildman–Crippen LogP) is 2.12. The van der Waals surface area contributed by atoms with Crippen molar-refractivity contribution in [2.24, 2.45) is 0 Å². The first-order valence-electron chi connectivity index (χ1n) is 8.04. The van der Waals surface area contributed by atoms with Gasteiger partial charge >= 0.3 is 0 Å². The van der Waals surface area contributed by atoms with Crippen LogP contribution in [0.2, 0.25) is 0 Å². The summed E-state index contributed by atoms with van der Waals surface area (Å²) >= 11 is 0. The van der Waals surface area contributed by atoms with Crippen LogP contribution in [0, 0.1) is 11.6 Å². The van der Waals surface area contributed by atoms with E-state index in [4.69, 9.17) is 4.74 Å². The molecule has 1 saturated heterocycles. The van der Waals surface area contributed by atoms with E-state index in [0.29, 0.717) is 44.5 Å². The maximum Gasteiger partial charge on any atom is 0.254 e. The van der Waals surface area contributed by atoms with Gasteiger partial charge in [0.15, 0.2) is 17.5 Å². The molecule has 0 spiro atoms. The van der Waals surface area contributed by atoms with Crippen molar-refractivity contribution < 1.29 is 18.3 Å². The highest BCUT2D eigenvalue weighted by Crippen LogP contribution is 2.17. The summed E-state index contributed by atoms with van der Waals surface area (Å²) in [6, 6.07) is 6.77. The zero-order valence-electron chi connectivity index (χ0n) is 13.8. The Morgan fingerprint density at radius 1 is 1.08 bits per heavy atom. The van der Waals surface area contributed by atoms with Crippen LogP contribution in [-0.4, -0.2) is 53.8 Å². The number of hydrogen-bond donors (Lipinski definition) is 0. The predicted molar refractivity (Wildman–Crippen MR) is 87.7 cm³/mol. The largest absolute Gasteiger partial charge is 0.477 e. The van der Waals surface area contributed by atoms with E-state index in [-0.39, 0.29) is 11.5 Å². The van der Waals surface area contributed by atoms with Gasteiger partial charge in [-0.25, -0.2) is 8.78 Å². The molecule has 1 aromatic carbocycles. The number of nitrogens with zero attached hydrogens (tertiary/aromatic N) is 4. The van der Waals surface area contributed by atoms with Crippen LogP contribution < -0.4 is 9.64 Å². The third kappa shape index (κ3) is 3.84. The first-order valence-corrected chi connectivity index (χ1v) is 8.04. The number of carbonyl (C=O) groups is 1. The zero-order valence-corrected chi connectivity index (χ0v) is 13.8. The molecule has 2 heterocycles. The van der Waals surface area contributed by atoms with Crippen molar-refractivity contribution in [2.75, 3.05) is 37.7 Å². The second-order valence-corrected chi connectivity index (χ2v) is 5.57. The molecule has 25 heavy (non-hydrogen) atoms. The van der Waals surface area contributed by atoms with Crippen LogP contribution in [0.15, 0.2) is 30.3 Å². The number of benzene rings is 1. The highest BCUT2D eigenvalue weighted by Gasteiger charge is 2.23. The molecule has 1 amide bonds. The van der Waals surface area contributed by atoms with Crippen LogP contribution >= 0.6 is 0 Å². The van der Waals surface area contributed by atoms with E-state index >= 15 is 0 Å². The minimum Gasteiger partial charge on any atom is -0.477 e. The molecule has 0 N–H and O–H groups in total. The number of anilines is 1. The highest BCUT2D eigenvalue weighted by atomic mass is 19.2. The fourth-order valence-corrected chi connectivity index (χ4v) is 2.66. The van der Waals surface area contributed by atoms with Crippen LogP contribution in [0.25, 0.3) is 0 Å². The standard InChI is InChI=1S/C17H18F2N4O2/c1-2-25-16-6-5-15(20-21-16)22-7-9-23(10-8-22)17(24)12-3-4-13(18)14(19)11-12/h3-6,11H,2,7-10H2,1H3. The number of aromatic nitrogens is 2. The lowest BCUT2D eigenvalue weighted by molar-refractivity contribution is 0.0746. The smallest absolute Gasteiger partial charge is 0.254 e. The zero-order chi connectivity index (χ0) is 17.8. The van der Waals surface area contributed by atoms with Crippen molar-refractivity contribution in [1.82, 2.24) is 15.1 Å². The number of halogens is 2. The number of hydrogen-bond acceptors (Lipinski definition) is 5. The van der Waals surface area contributed by atoms with Crippen LogP contribution in [-0.2, 0) is 0 Å². The van der Waals surface area contributed by atoms with Gasteiger partial charge in [-0.2, -0.15) is 0 Å². The van der Waals surface area contributed by atoms with E-state index in [9.17, 15) is 13.6 Å². The summed E-state index contributed by atoms with van der Waals surface area (Å²) in [6.45, 7) is 4.49. The van der Waals surface area contributed by atoms with E-state index in [2.05, 4.69) is 10.2 Å². The molecule has 132 valence electrons. The summed E-state index contributed by atoms with van der Waals surface area (Å²) in [4.78, 5) is 16.0. The van der Waals surface area contributed by atoms with Gasteiger partial charge in [0.2, 0.25) is 5.88 Å². The fraction of sp³-hybridized carbons (Fsp3) is 0.353. The first-order chi connectivity index (χ1) is 12.1. The van der Waals surface area contributed by atoms with Crippen molar-refractivity contribution in [2.45, 2.75) is 6.92 Å². The molecule has 6 nitrogen and oxygen atoms in total. The monoisotopic (exact) mass is 348 g/mol. The maximum absolute atomic E-state index is 13.3. The Labute approximate surface area is 144 Å². The van der Waals surface area contributed by atoms with Crippen LogP contribution in [0.1, 0.15) is 17.3 Å². The first kappa shape index (κ1) is 17.1. The lowest BCUT2D eigenvalue weighted by atomic mass is 10.1. The summed E-state index contributed by atoms with van der Waals surface area (Å²) in [7, 11) is 0. The third-order valence-corrected chi connectivity index (χ3v) is 3.98. The average Bonchev–Trinajstić information content (AvgIpc) is 2.64. The third-order valence-electron chi connectivity index (χ3n) is 3.98. The number of amides is 1. The van der Waals surface area contributed by atoms with Gasteiger partial charge < -0.3 is 14.5 Å². The Kier molecular flexibility index (Phi) is 5.06. The molecule has 0 bridgehead atoms. The van der Waals surface area contributed by atoms with Crippen LogP contribution in [0.4, 0.5) is 14.6 Å². The van der Waals surface area contributed by atoms with Crippen molar-refractivity contribution in [3.05, 3.63) is 47.5 Å². The summed E-state index contributed by atoms with van der Waals surface area (Å²) in [5.41, 5.74) is 0.146. The summed E-state index contributed by atoms with van der Waals surface area (Å²) < 4.78 is 31.6. The van der Waals surface area contributed by atoms with Gasteiger partial charge in [0.1, 0.15) is 0 Å². The van der Waals surface area contributed by atoms with Crippen molar-refractivity contribution in [3.8, 4) is 5.88 Å². The number of rotatable bonds is 4. The van der Waals surface area contributed by atoms with Crippen molar-refractivity contribution >= 4 is 11.7 Å². The second kappa shape index (κ2) is 7.42. The molecule has 1 aromatic heterocycles. The van der Waals surface area contributed by atoms with Gasteiger partial charge in [0.25, 0.3) is 5.91 Å². The van der Waals surface area contributed by atoms with Gasteiger partial charge in [0, 0.05) is 37.8 Å². The van der Waals surface area contributed by atoms with Crippen LogP contribution in [0.3, 0.4) is 0 Å². The van der Waals surface area contributed by atoms with Crippen molar-refractivity contribution in [1.29, 1.82) is 0 Å². The molecule has 0 radical (unpaired) electrons. The SMILES string of the molecule is CCOc1ccc(N2CCN(C(=O)c3ccc(F)c(F)c3)CC2)nn1. The molecule has 2 aromatic rings. The molecule has 0 atom stereocenters. The van der Waals surface area contributed by atoms with Crippen molar-refractivity contribution in [3.63, 3.8) is 0 Å². The van der Waals surface area contributed by atoms with Gasteiger partial charge in [-0.15, -0.1) is 10.2 Å². The molecule has 1 aliphatic heterocycles. The highest BCUT2D eigenvalue weighted by molar-refractivity contribution is 5.94. The van der Waals surface area contributed by atoms with E-state index in [1.54, 1.807) is 11.0 Å². The van der Waals surface area contributed by atoms with Gasteiger partial charge in [0.05, 0.1) is 6.61 Å². The van der Waals surface area contributed by atoms with Gasteiger partial charge in [-0.3, -0.25) is 4.79 Å². The molecule has 8 heteroatoms. The van der Waals surface area contributed by atoms with Crippen LogP contribution in [0.5, 0.6) is 5.88 Å². The molecular weight excluding hydrogens is 330 g/mol. The number of carbonyl (C=O) groups excluding carboxylic acids is 1. The van der Waals surface area contributed by atoms with Gasteiger partial charge in [-0.1, -0.05) is 0 Å². The van der Waals surface area contributed by atoms with Gasteiger partial charge in [-0.05, 0) is 31.2 Å². The molecule has 0 aliphatic carbocycles. The average molecular weight is 348 g/mol. The van der Waals surface area contributed by atoms with E-state index in [0.717, 1.165) is 12.1 Å². The normalized spacial score (nSPS) is 14.5. The Morgan fingerprint density at radius 2 is 1.84 bits per heavy atom. The summed E-state index contributed by atoms with van der Waals surface area (Å²) in [5, 5.41) is 8.12. The Bertz CT molecular complexity index is 747. The Balaban J connectivity index is 1.61. The fourth-order valence-electron chi connectivity index (χ4n) is 2.66. The minimum atomic E-state index is -1.02. The van der Waals surface area contributed by atoms with E-state index < -0.39 is 11.6 Å². The molecule has 1 fully saturated rings.